The first-order chi connectivity index (χ1) is 8.46. The summed E-state index contributed by atoms with van der Waals surface area (Å²) in [4.78, 5) is 26.5. The Morgan fingerprint density at radius 3 is 1.89 bits per heavy atom. The van der Waals surface area contributed by atoms with Crippen LogP contribution in [-0.2, 0) is 4.79 Å². The van der Waals surface area contributed by atoms with Crippen molar-refractivity contribution in [1.29, 1.82) is 0 Å². The van der Waals surface area contributed by atoms with Crippen molar-refractivity contribution >= 4 is 17.6 Å². The number of carbonyl (C=O) groups excluding carboxylic acids is 2. The van der Waals surface area contributed by atoms with E-state index >= 15 is 0 Å². The molecule has 1 fully saturated rings. The average molecular weight is 248 g/mol. The second kappa shape index (κ2) is 5.21. The molecule has 4 heteroatoms. The Kier molecular flexibility index (Phi) is 4.11. The lowest BCUT2D eigenvalue weighted by Gasteiger charge is -2.27. The second-order valence-electron chi connectivity index (χ2n) is 4.38. The van der Waals surface area contributed by atoms with Crippen LogP contribution in [0.25, 0.3) is 0 Å². The number of likely N-dealkylation sites (N-methyl/N-ethyl adjacent to an activating group) is 1. The normalized spacial score (nSPS) is 17.6. The Bertz CT molecular complexity index is 440. The Morgan fingerprint density at radius 1 is 1.00 bits per heavy atom. The van der Waals surface area contributed by atoms with Crippen molar-refractivity contribution in [2.24, 2.45) is 0 Å². The molecule has 18 heavy (non-hydrogen) atoms. The van der Waals surface area contributed by atoms with Gasteiger partial charge in [0, 0.05) is 12.7 Å². The number of carbonyl (C=O) groups is 2. The number of benzene rings is 1. The molecule has 0 bridgehead atoms. The molecule has 0 unspecified atom stereocenters. The fourth-order valence-electron chi connectivity index (χ4n) is 1.99. The monoisotopic (exact) mass is 248 g/mol. The maximum Gasteiger partial charge on any atom is 0.331 e. The molecule has 0 saturated carbocycles. The molecular weight excluding hydrogens is 228 g/mol. The average Bonchev–Trinajstić information content (AvgIpc) is 2.54. The van der Waals surface area contributed by atoms with Gasteiger partial charge in [0.2, 0.25) is 0 Å². The number of hydrogen-bond acceptors (Lipinski definition) is 2. The van der Waals surface area contributed by atoms with Gasteiger partial charge in [-0.1, -0.05) is 32.0 Å². The minimum Gasteiger partial charge on any atom is -0.279 e. The van der Waals surface area contributed by atoms with Crippen molar-refractivity contribution < 1.29 is 9.59 Å². The molecule has 0 spiro atoms. The van der Waals surface area contributed by atoms with Gasteiger partial charge in [0.1, 0.15) is 5.54 Å². The number of hydrogen-bond donors (Lipinski definition) is 0. The Balaban J connectivity index is 0.000000771. The summed E-state index contributed by atoms with van der Waals surface area (Å²) in [6.45, 7) is 7.51. The van der Waals surface area contributed by atoms with Crippen LogP contribution < -0.4 is 4.90 Å². The highest BCUT2D eigenvalue weighted by molar-refractivity contribution is 6.16. The zero-order valence-electron chi connectivity index (χ0n) is 11.6. The first kappa shape index (κ1) is 14.2. The highest BCUT2D eigenvalue weighted by Gasteiger charge is 2.50. The maximum atomic E-state index is 12.0. The van der Waals surface area contributed by atoms with Crippen molar-refractivity contribution in [2.75, 3.05) is 11.9 Å². The molecule has 0 N–H and O–H groups in total. The number of para-hydroxylation sites is 1. The van der Waals surface area contributed by atoms with E-state index in [1.807, 2.05) is 44.2 Å². The Hall–Kier alpha value is -1.84. The van der Waals surface area contributed by atoms with Crippen molar-refractivity contribution in [2.45, 2.75) is 33.2 Å². The Morgan fingerprint density at radius 2 is 1.50 bits per heavy atom. The molecule has 1 aliphatic rings. The van der Waals surface area contributed by atoms with Crippen LogP contribution in [0, 0.1) is 0 Å². The first-order valence-electron chi connectivity index (χ1n) is 6.13. The molecule has 1 heterocycles. The lowest BCUT2D eigenvalue weighted by molar-refractivity contribution is -0.128. The van der Waals surface area contributed by atoms with Crippen LogP contribution in [0.3, 0.4) is 0 Å². The fourth-order valence-corrected chi connectivity index (χ4v) is 1.99. The van der Waals surface area contributed by atoms with Crippen LogP contribution >= 0.6 is 0 Å². The quantitative estimate of drug-likeness (QED) is 0.717. The third-order valence-electron chi connectivity index (χ3n) is 2.88. The summed E-state index contributed by atoms with van der Waals surface area (Å²) in [6, 6.07) is 8.95. The van der Waals surface area contributed by atoms with Gasteiger partial charge in [0.25, 0.3) is 5.91 Å². The van der Waals surface area contributed by atoms with E-state index < -0.39 is 5.54 Å². The summed E-state index contributed by atoms with van der Waals surface area (Å²) in [6.07, 6.45) is 0. The van der Waals surface area contributed by atoms with Crippen LogP contribution in [0.2, 0.25) is 0 Å². The third kappa shape index (κ3) is 2.10. The van der Waals surface area contributed by atoms with Gasteiger partial charge < -0.3 is 0 Å². The molecule has 0 aliphatic carbocycles. The Labute approximate surface area is 108 Å². The molecule has 0 radical (unpaired) electrons. The number of rotatable bonds is 1. The molecule has 98 valence electrons. The molecular formula is C14H20N2O2. The SMILES string of the molecule is CC.CN1C(=O)N(c2ccccc2)C(C)(C)C1=O. The van der Waals surface area contributed by atoms with Crippen LogP contribution in [0.1, 0.15) is 27.7 Å². The summed E-state index contributed by atoms with van der Waals surface area (Å²) in [5.74, 6) is -0.179. The van der Waals surface area contributed by atoms with E-state index in [1.54, 1.807) is 13.8 Å². The number of nitrogens with zero attached hydrogens (tertiary/aromatic N) is 2. The largest absolute Gasteiger partial charge is 0.331 e. The topological polar surface area (TPSA) is 40.6 Å². The predicted octanol–water partition coefficient (Wildman–Crippen LogP) is 2.89. The fraction of sp³-hybridized carbons (Fsp3) is 0.429. The summed E-state index contributed by atoms with van der Waals surface area (Å²) in [5.41, 5.74) is -0.0668. The number of imide groups is 1. The van der Waals surface area contributed by atoms with Gasteiger partial charge in [0.15, 0.2) is 0 Å². The molecule has 1 aromatic rings. The van der Waals surface area contributed by atoms with Crippen molar-refractivity contribution in [1.82, 2.24) is 4.90 Å². The van der Waals surface area contributed by atoms with Crippen molar-refractivity contribution in [3.63, 3.8) is 0 Å². The lowest BCUT2D eigenvalue weighted by atomic mass is 10.0. The summed E-state index contributed by atoms with van der Waals surface area (Å²) in [5, 5.41) is 0. The second-order valence-corrected chi connectivity index (χ2v) is 4.38. The smallest absolute Gasteiger partial charge is 0.279 e. The van der Waals surface area contributed by atoms with Gasteiger partial charge in [-0.15, -0.1) is 0 Å². The van der Waals surface area contributed by atoms with Gasteiger partial charge >= 0.3 is 6.03 Å². The molecule has 1 saturated heterocycles. The van der Waals surface area contributed by atoms with Crippen LogP contribution in [0.15, 0.2) is 30.3 Å². The molecule has 0 aromatic heterocycles. The highest BCUT2D eigenvalue weighted by Crippen LogP contribution is 2.31. The van der Waals surface area contributed by atoms with Gasteiger partial charge in [-0.2, -0.15) is 0 Å². The summed E-state index contributed by atoms with van der Waals surface area (Å²) in [7, 11) is 1.51. The van der Waals surface area contributed by atoms with E-state index in [0.717, 1.165) is 10.6 Å². The van der Waals surface area contributed by atoms with Gasteiger partial charge in [0.05, 0.1) is 0 Å². The number of urea groups is 1. The van der Waals surface area contributed by atoms with Gasteiger partial charge in [-0.3, -0.25) is 14.6 Å². The van der Waals surface area contributed by atoms with Crippen molar-refractivity contribution in [3.8, 4) is 0 Å². The zero-order valence-corrected chi connectivity index (χ0v) is 11.6. The van der Waals surface area contributed by atoms with Crippen LogP contribution in [0.4, 0.5) is 10.5 Å². The minimum atomic E-state index is -0.812. The zero-order chi connectivity index (χ0) is 13.9. The number of anilines is 1. The molecule has 0 atom stereocenters. The maximum absolute atomic E-state index is 12.0. The minimum absolute atomic E-state index is 0.179. The molecule has 3 amide bonds. The number of amides is 3. The van der Waals surface area contributed by atoms with Crippen LogP contribution in [0.5, 0.6) is 0 Å². The highest BCUT2D eigenvalue weighted by atomic mass is 16.2. The summed E-state index contributed by atoms with van der Waals surface area (Å²) >= 11 is 0. The van der Waals surface area contributed by atoms with Gasteiger partial charge in [-0.25, -0.2) is 4.79 Å². The molecule has 1 aromatic carbocycles. The molecule has 4 nitrogen and oxygen atoms in total. The molecule has 1 aliphatic heterocycles. The van der Waals surface area contributed by atoms with E-state index in [1.165, 1.54) is 11.9 Å². The third-order valence-corrected chi connectivity index (χ3v) is 2.88. The van der Waals surface area contributed by atoms with Crippen LogP contribution in [-0.4, -0.2) is 29.4 Å². The van der Waals surface area contributed by atoms with E-state index in [9.17, 15) is 9.59 Å². The van der Waals surface area contributed by atoms with E-state index in [0.29, 0.717) is 0 Å². The predicted molar refractivity (Wildman–Crippen MR) is 72.5 cm³/mol. The molecule has 2 rings (SSSR count). The first-order valence-corrected chi connectivity index (χ1v) is 6.13. The summed E-state index contributed by atoms with van der Waals surface area (Å²) < 4.78 is 0. The van der Waals surface area contributed by atoms with E-state index in [2.05, 4.69) is 0 Å². The van der Waals surface area contributed by atoms with Crippen molar-refractivity contribution in [3.05, 3.63) is 30.3 Å². The standard InChI is InChI=1S/C12H14N2O2.C2H6/c1-12(2)10(15)13(3)11(16)14(12)9-7-5-4-6-8-9;1-2/h4-8H,1-3H3;1-2H3. The lowest BCUT2D eigenvalue weighted by Crippen LogP contribution is -2.44. The van der Waals surface area contributed by atoms with E-state index in [4.69, 9.17) is 0 Å². The van der Waals surface area contributed by atoms with Gasteiger partial charge in [-0.05, 0) is 26.0 Å². The van der Waals surface area contributed by atoms with E-state index in [-0.39, 0.29) is 11.9 Å².